The zero-order chi connectivity index (χ0) is 18.9. The Morgan fingerprint density at radius 1 is 1.08 bits per heavy atom. The van der Waals surface area contributed by atoms with Crippen molar-refractivity contribution in [1.82, 2.24) is 5.43 Å². The molecule has 0 fully saturated rings. The minimum atomic E-state index is -0.392. The van der Waals surface area contributed by atoms with Gasteiger partial charge >= 0.3 is 0 Å². The van der Waals surface area contributed by atoms with E-state index in [4.69, 9.17) is 39.5 Å². The molecule has 0 aliphatic carbocycles. The van der Waals surface area contributed by atoms with Crippen LogP contribution in [0.5, 0.6) is 5.75 Å². The molecule has 138 valence electrons. The summed E-state index contributed by atoms with van der Waals surface area (Å²) in [4.78, 5) is 12.0. The second kappa shape index (κ2) is 10.4. The van der Waals surface area contributed by atoms with E-state index in [0.717, 1.165) is 30.5 Å². The Balaban J connectivity index is 1.99. The van der Waals surface area contributed by atoms with Gasteiger partial charge in [0.1, 0.15) is 5.75 Å². The lowest BCUT2D eigenvalue weighted by Crippen LogP contribution is -2.26. The number of unbranched alkanes of at least 4 members (excludes halogenated alkanes) is 1. The van der Waals surface area contributed by atoms with Crippen molar-refractivity contribution in [3.05, 3.63) is 63.1 Å². The number of carbonyl (C=O) groups excluding carboxylic acids is 1. The summed E-state index contributed by atoms with van der Waals surface area (Å²) in [5.41, 5.74) is 4.34. The molecule has 0 spiro atoms. The number of amides is 1. The first kappa shape index (κ1) is 20.6. The molecule has 2 rings (SSSR count). The first-order valence-electron chi connectivity index (χ1n) is 8.19. The molecular formula is C19H19Cl3N2O2. The van der Waals surface area contributed by atoms with Crippen molar-refractivity contribution < 1.29 is 9.53 Å². The van der Waals surface area contributed by atoms with Crippen LogP contribution in [0, 0.1) is 0 Å². The first-order chi connectivity index (χ1) is 12.5. The zero-order valence-corrected chi connectivity index (χ0v) is 16.5. The number of ether oxygens (including phenoxy) is 1. The molecule has 0 aliphatic heterocycles. The highest BCUT2D eigenvalue weighted by Gasteiger charge is 2.10. The number of carbonyl (C=O) groups is 1. The lowest BCUT2D eigenvalue weighted by molar-refractivity contribution is -0.123. The van der Waals surface area contributed by atoms with E-state index in [9.17, 15) is 4.79 Å². The van der Waals surface area contributed by atoms with E-state index < -0.39 is 5.91 Å². The fraction of sp³-hybridized carbons (Fsp3) is 0.263. The van der Waals surface area contributed by atoms with Crippen LogP contribution in [0.2, 0.25) is 15.1 Å². The lowest BCUT2D eigenvalue weighted by Gasteiger charge is -2.10. The van der Waals surface area contributed by atoms with Crippen molar-refractivity contribution in [2.24, 2.45) is 5.10 Å². The Morgan fingerprint density at radius 3 is 2.46 bits per heavy atom. The van der Waals surface area contributed by atoms with Crippen LogP contribution < -0.4 is 10.2 Å². The van der Waals surface area contributed by atoms with E-state index in [1.165, 1.54) is 12.1 Å². The third kappa shape index (κ3) is 6.20. The topological polar surface area (TPSA) is 50.7 Å². The average molecular weight is 414 g/mol. The zero-order valence-electron chi connectivity index (χ0n) is 14.3. The summed E-state index contributed by atoms with van der Waals surface area (Å²) >= 11 is 17.8. The van der Waals surface area contributed by atoms with Gasteiger partial charge in [0.2, 0.25) is 0 Å². The van der Waals surface area contributed by atoms with Gasteiger partial charge in [0.25, 0.3) is 5.91 Å². The number of benzene rings is 2. The molecule has 0 saturated carbocycles. The van der Waals surface area contributed by atoms with Gasteiger partial charge in [-0.25, -0.2) is 5.43 Å². The highest BCUT2D eigenvalue weighted by atomic mass is 35.5. The Bertz CT molecular complexity index is 780. The molecule has 0 heterocycles. The van der Waals surface area contributed by atoms with Gasteiger partial charge in [-0.2, -0.15) is 5.10 Å². The lowest BCUT2D eigenvalue weighted by atomic mass is 10.1. The quantitative estimate of drug-likeness (QED) is 0.341. The number of hydrogen-bond donors (Lipinski definition) is 1. The van der Waals surface area contributed by atoms with Gasteiger partial charge in [-0.05, 0) is 24.5 Å². The molecule has 7 heteroatoms. The number of nitrogens with one attached hydrogen (secondary N) is 1. The Hall–Kier alpha value is -1.75. The summed E-state index contributed by atoms with van der Waals surface area (Å²) in [7, 11) is 0. The minimum absolute atomic E-state index is 0.239. The van der Waals surface area contributed by atoms with Crippen molar-refractivity contribution >= 4 is 46.4 Å². The van der Waals surface area contributed by atoms with E-state index in [2.05, 4.69) is 17.5 Å². The second-order valence-corrected chi connectivity index (χ2v) is 6.77. The maximum Gasteiger partial charge on any atom is 0.277 e. The van der Waals surface area contributed by atoms with E-state index in [1.54, 1.807) is 0 Å². The molecule has 1 amide bonds. The maximum atomic E-state index is 12.0. The summed E-state index contributed by atoms with van der Waals surface area (Å²) in [5, 5.41) is 5.16. The van der Waals surface area contributed by atoms with Gasteiger partial charge in [-0.15, -0.1) is 0 Å². The van der Waals surface area contributed by atoms with Crippen LogP contribution in [-0.4, -0.2) is 18.2 Å². The summed E-state index contributed by atoms with van der Waals surface area (Å²) in [6.07, 6.45) is 2.80. The number of rotatable bonds is 8. The van der Waals surface area contributed by atoms with Crippen LogP contribution in [0.15, 0.2) is 47.6 Å². The van der Waals surface area contributed by atoms with Crippen LogP contribution in [0.1, 0.15) is 31.7 Å². The number of hydrazone groups is 1. The summed E-state index contributed by atoms with van der Waals surface area (Å²) < 4.78 is 5.40. The Kier molecular flexibility index (Phi) is 8.23. The smallest absolute Gasteiger partial charge is 0.277 e. The van der Waals surface area contributed by atoms with Gasteiger partial charge in [-0.1, -0.05) is 78.5 Å². The largest absolute Gasteiger partial charge is 0.482 e. The molecule has 0 unspecified atom stereocenters. The van der Waals surface area contributed by atoms with Crippen LogP contribution in [-0.2, 0) is 4.79 Å². The van der Waals surface area contributed by atoms with Crippen molar-refractivity contribution in [2.75, 3.05) is 6.61 Å². The van der Waals surface area contributed by atoms with Gasteiger partial charge in [0.15, 0.2) is 6.61 Å². The summed E-state index contributed by atoms with van der Waals surface area (Å²) in [5.74, 6) is -0.105. The molecule has 1 N–H and O–H groups in total. The van der Waals surface area contributed by atoms with Crippen molar-refractivity contribution in [1.29, 1.82) is 0 Å². The maximum absolute atomic E-state index is 12.0. The van der Waals surface area contributed by atoms with E-state index in [1.807, 2.05) is 30.3 Å². The molecule has 4 nitrogen and oxygen atoms in total. The molecule has 0 aromatic heterocycles. The van der Waals surface area contributed by atoms with Crippen molar-refractivity contribution in [2.45, 2.75) is 26.2 Å². The number of nitrogens with zero attached hydrogens (tertiary/aromatic N) is 1. The minimum Gasteiger partial charge on any atom is -0.482 e. The van der Waals surface area contributed by atoms with Crippen LogP contribution >= 0.6 is 34.8 Å². The normalized spacial score (nSPS) is 11.3. The monoisotopic (exact) mass is 412 g/mol. The van der Waals surface area contributed by atoms with Crippen molar-refractivity contribution in [3.63, 3.8) is 0 Å². The predicted molar refractivity (Wildman–Crippen MR) is 108 cm³/mol. The Morgan fingerprint density at radius 2 is 1.77 bits per heavy atom. The second-order valence-electron chi connectivity index (χ2n) is 5.55. The van der Waals surface area contributed by atoms with Gasteiger partial charge < -0.3 is 4.74 Å². The molecule has 0 aliphatic rings. The average Bonchev–Trinajstić information content (AvgIpc) is 2.64. The molecule has 0 saturated heterocycles. The van der Waals surface area contributed by atoms with Gasteiger partial charge in [0, 0.05) is 6.07 Å². The van der Waals surface area contributed by atoms with Gasteiger partial charge in [0.05, 0.1) is 20.8 Å². The molecule has 0 atom stereocenters. The predicted octanol–water partition coefficient (Wildman–Crippen LogP) is 5.74. The van der Waals surface area contributed by atoms with Crippen molar-refractivity contribution in [3.8, 4) is 5.75 Å². The molecule has 0 bridgehead atoms. The molecule has 2 aromatic rings. The summed E-state index contributed by atoms with van der Waals surface area (Å²) in [6.45, 7) is 1.87. The number of halogens is 3. The van der Waals surface area contributed by atoms with Crippen LogP contribution in [0.4, 0.5) is 0 Å². The molecule has 0 radical (unpaired) electrons. The van der Waals surface area contributed by atoms with Crippen LogP contribution in [0.3, 0.4) is 0 Å². The molecular weight excluding hydrogens is 395 g/mol. The fourth-order valence-corrected chi connectivity index (χ4v) is 2.75. The Labute approximate surface area is 168 Å². The molecule has 26 heavy (non-hydrogen) atoms. The van der Waals surface area contributed by atoms with E-state index in [0.29, 0.717) is 10.0 Å². The highest BCUT2D eigenvalue weighted by Crippen LogP contribution is 2.33. The number of hydrogen-bond acceptors (Lipinski definition) is 3. The van der Waals surface area contributed by atoms with Crippen LogP contribution in [0.25, 0.3) is 0 Å². The molecule has 2 aromatic carbocycles. The summed E-state index contributed by atoms with van der Waals surface area (Å²) in [6, 6.07) is 12.7. The highest BCUT2D eigenvalue weighted by molar-refractivity contribution is 6.43. The first-order valence-corrected chi connectivity index (χ1v) is 9.32. The fourth-order valence-electron chi connectivity index (χ4n) is 2.16. The standard InChI is InChI=1S/C19H19Cl3N2O2/c1-2-3-9-17(13-7-5-4-6-8-13)23-24-19(25)12-26-18-11-15(21)14(20)10-16(18)22/h4-8,10-11H,2-3,9,12H2,1H3,(H,24,25)/b23-17+. The third-order valence-corrected chi connectivity index (χ3v) is 4.54. The van der Waals surface area contributed by atoms with Gasteiger partial charge in [-0.3, -0.25) is 4.79 Å². The van der Waals surface area contributed by atoms with E-state index >= 15 is 0 Å². The SMILES string of the molecule is CCCC/C(=N\NC(=O)COc1cc(Cl)c(Cl)cc1Cl)c1ccccc1. The third-order valence-electron chi connectivity index (χ3n) is 3.52. The van der Waals surface area contributed by atoms with E-state index in [-0.39, 0.29) is 17.4 Å².